The highest BCUT2D eigenvalue weighted by molar-refractivity contribution is 6.32. The Labute approximate surface area is 207 Å². The van der Waals surface area contributed by atoms with Crippen LogP contribution in [0.15, 0.2) is 24.8 Å². The van der Waals surface area contributed by atoms with E-state index in [0.29, 0.717) is 36.2 Å². The van der Waals surface area contributed by atoms with Gasteiger partial charge in [0.25, 0.3) is 5.91 Å². The molecule has 186 valence electrons. The zero-order valence-electron chi connectivity index (χ0n) is 20.2. The van der Waals surface area contributed by atoms with Crippen molar-refractivity contribution in [1.29, 1.82) is 0 Å². The van der Waals surface area contributed by atoms with Gasteiger partial charge < -0.3 is 20.1 Å². The van der Waals surface area contributed by atoms with Crippen molar-refractivity contribution in [3.05, 3.63) is 52.8 Å². The van der Waals surface area contributed by atoms with E-state index in [1.165, 1.54) is 10.6 Å². The molecule has 2 aromatic heterocycles. The Morgan fingerprint density at radius 3 is 2.80 bits per heavy atom. The summed E-state index contributed by atoms with van der Waals surface area (Å²) in [5, 5.41) is 14.8. The first-order valence-corrected chi connectivity index (χ1v) is 11.7. The molecule has 1 saturated heterocycles. The third kappa shape index (κ3) is 4.88. The minimum Gasteiger partial charge on any atom is -0.361 e. The highest BCUT2D eigenvalue weighted by Crippen LogP contribution is 2.34. The molecule has 3 heterocycles. The number of carbonyl (C=O) groups is 2. The number of hydrogen-bond acceptors (Lipinski definition) is 5. The number of H-pyrrole nitrogens is 1. The largest absolute Gasteiger partial charge is 0.361 e. The quantitative estimate of drug-likeness (QED) is 0.448. The monoisotopic (exact) mass is 501 g/mol. The van der Waals surface area contributed by atoms with Crippen LogP contribution >= 0.6 is 11.6 Å². The Balaban J connectivity index is 1.48. The lowest BCUT2D eigenvalue weighted by Gasteiger charge is -2.20. The van der Waals surface area contributed by atoms with Crippen molar-refractivity contribution in [2.75, 3.05) is 18.4 Å². The summed E-state index contributed by atoms with van der Waals surface area (Å²) in [5.41, 5.74) is 1.44. The number of likely N-dealkylation sites (tertiary alicyclic amines) is 1. The molecule has 0 radical (unpaired) electrons. The van der Waals surface area contributed by atoms with Crippen LogP contribution in [0.1, 0.15) is 49.1 Å². The molecule has 2 amide bonds. The molecular weight excluding hydrogens is 473 g/mol. The van der Waals surface area contributed by atoms with Crippen LogP contribution < -0.4 is 10.6 Å². The molecule has 9 nitrogen and oxygen atoms in total. The summed E-state index contributed by atoms with van der Waals surface area (Å²) >= 11 is 6.45. The molecular formula is C24H29ClFN7O2. The number of benzene rings is 1. The number of nitrogens with one attached hydrogen (secondary N) is 3. The predicted octanol–water partition coefficient (Wildman–Crippen LogP) is 3.52. The molecule has 1 aromatic carbocycles. The first-order valence-electron chi connectivity index (χ1n) is 11.3. The van der Waals surface area contributed by atoms with Gasteiger partial charge in [-0.05, 0) is 35.6 Å². The number of nitrogens with zero attached hydrogens (tertiary/aromatic N) is 4. The molecule has 1 aliphatic rings. The maximum Gasteiger partial charge on any atom is 0.273 e. The second kappa shape index (κ2) is 9.33. The molecule has 3 N–H and O–H groups in total. The first kappa shape index (κ1) is 24.7. The third-order valence-corrected chi connectivity index (χ3v) is 6.56. The lowest BCUT2D eigenvalue weighted by atomic mass is 9.86. The number of rotatable bonds is 6. The Morgan fingerprint density at radius 1 is 1.37 bits per heavy atom. The number of halogens is 2. The summed E-state index contributed by atoms with van der Waals surface area (Å²) in [5.74, 6) is -0.702. The second-order valence-corrected chi connectivity index (χ2v) is 10.1. The summed E-state index contributed by atoms with van der Waals surface area (Å²) in [4.78, 5) is 30.1. The Bertz CT molecular complexity index is 1310. The van der Waals surface area contributed by atoms with Crippen LogP contribution in [-0.4, -0.2) is 55.6 Å². The van der Waals surface area contributed by atoms with Gasteiger partial charge in [0, 0.05) is 36.6 Å². The summed E-state index contributed by atoms with van der Waals surface area (Å²) < 4.78 is 16.1. The number of imidazole rings is 1. The number of aromatic amines is 1. The normalized spacial score (nSPS) is 16.1. The minimum atomic E-state index is -0.854. The number of hydrogen-bond donors (Lipinski definition) is 3. The fraction of sp³-hybridized carbons (Fsp3) is 0.417. The van der Waals surface area contributed by atoms with Crippen molar-refractivity contribution in [2.24, 2.45) is 7.05 Å². The van der Waals surface area contributed by atoms with Crippen molar-refractivity contribution in [2.45, 2.75) is 45.2 Å². The SMILES string of the molecule is C=CC(=O)N1CC[C@@H](NC(=O)c2c(F)nc(CNc3n[nH]c4cc(Cl)c(C(C)(C)C)cc34)n2C)C1. The van der Waals surface area contributed by atoms with Crippen molar-refractivity contribution in [3.63, 3.8) is 0 Å². The number of amides is 2. The molecule has 1 aliphatic heterocycles. The maximum absolute atomic E-state index is 14.7. The Morgan fingerprint density at radius 2 is 2.11 bits per heavy atom. The van der Waals surface area contributed by atoms with Crippen LogP contribution in [0.4, 0.5) is 10.2 Å². The van der Waals surface area contributed by atoms with E-state index in [9.17, 15) is 14.0 Å². The van der Waals surface area contributed by atoms with Crippen LogP contribution in [0.5, 0.6) is 0 Å². The van der Waals surface area contributed by atoms with E-state index in [1.54, 1.807) is 11.9 Å². The standard InChI is InChI=1S/C24H29ClFN7O2/c1-6-19(34)33-8-7-13(12-33)28-23(35)20-21(26)29-18(32(20)5)11-27-22-14-9-15(24(2,3)4)16(25)10-17(14)30-31-22/h6,9-10,13H,1,7-8,11-12H2,2-5H3,(H,28,35)(H2,27,30,31)/t13-/m1/s1. The van der Waals surface area contributed by atoms with Gasteiger partial charge in [-0.2, -0.15) is 9.49 Å². The number of aromatic nitrogens is 4. The molecule has 11 heteroatoms. The smallest absolute Gasteiger partial charge is 0.273 e. The molecule has 1 atom stereocenters. The van der Waals surface area contributed by atoms with Crippen LogP contribution in [0.25, 0.3) is 10.9 Å². The van der Waals surface area contributed by atoms with Crippen LogP contribution in [0, 0.1) is 5.95 Å². The molecule has 0 saturated carbocycles. The minimum absolute atomic E-state index is 0.152. The van der Waals surface area contributed by atoms with E-state index < -0.39 is 11.9 Å². The van der Waals surface area contributed by atoms with E-state index in [1.807, 2.05) is 12.1 Å². The molecule has 3 aromatic rings. The molecule has 0 spiro atoms. The fourth-order valence-electron chi connectivity index (χ4n) is 4.28. The number of anilines is 1. The highest BCUT2D eigenvalue weighted by atomic mass is 35.5. The maximum atomic E-state index is 14.7. The van der Waals surface area contributed by atoms with Gasteiger partial charge in [-0.25, -0.2) is 4.98 Å². The van der Waals surface area contributed by atoms with Crippen molar-refractivity contribution >= 4 is 40.1 Å². The molecule has 1 fully saturated rings. The van der Waals surface area contributed by atoms with Crippen molar-refractivity contribution in [3.8, 4) is 0 Å². The van der Waals surface area contributed by atoms with Gasteiger partial charge in [-0.1, -0.05) is 39.0 Å². The molecule has 4 rings (SSSR count). The van der Waals surface area contributed by atoms with E-state index in [0.717, 1.165) is 16.5 Å². The summed E-state index contributed by atoms with van der Waals surface area (Å²) in [6.07, 6.45) is 1.83. The van der Waals surface area contributed by atoms with E-state index in [-0.39, 0.29) is 29.6 Å². The van der Waals surface area contributed by atoms with Gasteiger partial charge in [-0.15, -0.1) is 0 Å². The van der Waals surface area contributed by atoms with Gasteiger partial charge >= 0.3 is 0 Å². The van der Waals surface area contributed by atoms with Gasteiger partial charge in [0.2, 0.25) is 11.9 Å². The second-order valence-electron chi connectivity index (χ2n) is 9.73. The third-order valence-electron chi connectivity index (χ3n) is 6.24. The zero-order valence-corrected chi connectivity index (χ0v) is 21.0. The van der Waals surface area contributed by atoms with Crippen molar-refractivity contribution < 1.29 is 14.0 Å². The summed E-state index contributed by atoms with van der Waals surface area (Å²) in [6, 6.07) is 3.57. The van der Waals surface area contributed by atoms with Gasteiger partial charge in [0.1, 0.15) is 5.82 Å². The summed E-state index contributed by atoms with van der Waals surface area (Å²) in [6.45, 7) is 10.7. The predicted molar refractivity (Wildman–Crippen MR) is 133 cm³/mol. The van der Waals surface area contributed by atoms with Gasteiger partial charge in [0.05, 0.1) is 12.1 Å². The lowest BCUT2D eigenvalue weighted by Crippen LogP contribution is -2.39. The number of carbonyl (C=O) groups excluding carboxylic acids is 2. The van der Waals surface area contributed by atoms with Gasteiger partial charge in [0.15, 0.2) is 11.5 Å². The molecule has 0 bridgehead atoms. The topological polar surface area (TPSA) is 108 Å². The molecule has 35 heavy (non-hydrogen) atoms. The van der Waals surface area contributed by atoms with Gasteiger partial charge in [-0.3, -0.25) is 14.7 Å². The van der Waals surface area contributed by atoms with E-state index in [4.69, 9.17) is 11.6 Å². The zero-order chi connectivity index (χ0) is 25.5. The average Bonchev–Trinajstić information content (AvgIpc) is 3.48. The van der Waals surface area contributed by atoms with Crippen LogP contribution in [-0.2, 0) is 23.8 Å². The summed E-state index contributed by atoms with van der Waals surface area (Å²) in [7, 11) is 1.59. The number of fused-ring (bicyclic) bond motifs is 1. The highest BCUT2D eigenvalue weighted by Gasteiger charge is 2.29. The average molecular weight is 502 g/mol. The van der Waals surface area contributed by atoms with E-state index >= 15 is 0 Å². The Hall–Kier alpha value is -3.40. The Kier molecular flexibility index (Phi) is 6.59. The first-order chi connectivity index (χ1) is 16.5. The van der Waals surface area contributed by atoms with Crippen LogP contribution in [0.2, 0.25) is 5.02 Å². The van der Waals surface area contributed by atoms with Crippen molar-refractivity contribution in [1.82, 2.24) is 30.0 Å². The molecule has 0 aliphatic carbocycles. The van der Waals surface area contributed by atoms with Crippen LogP contribution in [0.3, 0.4) is 0 Å². The lowest BCUT2D eigenvalue weighted by molar-refractivity contribution is -0.125. The molecule has 0 unspecified atom stereocenters. The fourth-order valence-corrected chi connectivity index (χ4v) is 4.73. The van der Waals surface area contributed by atoms with E-state index in [2.05, 4.69) is 53.2 Å².